The Balaban J connectivity index is 1.46. The Morgan fingerprint density at radius 2 is 2.09 bits per heavy atom. The van der Waals surface area contributed by atoms with Crippen molar-refractivity contribution in [2.45, 2.75) is 50.9 Å². The zero-order chi connectivity index (χ0) is 23.4. The third-order valence-electron chi connectivity index (χ3n) is 6.00. The molecule has 8 nitrogen and oxygen atoms in total. The second-order valence-corrected chi connectivity index (χ2v) is 9.31. The number of anilines is 1. The topological polar surface area (TPSA) is 97.0 Å². The molecule has 0 unspecified atom stereocenters. The number of carbonyl (C=O) groups is 3. The summed E-state index contributed by atoms with van der Waals surface area (Å²) in [5.41, 5.74) is 0.939. The van der Waals surface area contributed by atoms with Crippen LogP contribution < -0.4 is 15.4 Å². The fourth-order valence-electron chi connectivity index (χ4n) is 4.25. The standard InChI is InChI=1S/C24H29N3O5S/c1-3-10-25-22(28)13-16-7-8-18-20(32-16)14-31-19-9-6-15(12-17(19)24(30)27(18)2)26-23(29)21-5-4-11-33-21/h4-6,9,11-12,16,18,20H,3,7-8,10,13-14H2,1-2H3,(H,25,28)(H,26,29)/t16-,18+,20-/m0/s1. The van der Waals surface area contributed by atoms with E-state index in [1.54, 1.807) is 36.2 Å². The van der Waals surface area contributed by atoms with Crippen molar-refractivity contribution in [2.75, 3.05) is 25.5 Å². The molecule has 0 spiro atoms. The van der Waals surface area contributed by atoms with Crippen LogP contribution in [0.3, 0.4) is 0 Å². The monoisotopic (exact) mass is 471 g/mol. The van der Waals surface area contributed by atoms with Crippen molar-refractivity contribution in [3.05, 3.63) is 46.2 Å². The van der Waals surface area contributed by atoms with Crippen molar-refractivity contribution in [3.8, 4) is 5.75 Å². The third-order valence-corrected chi connectivity index (χ3v) is 6.87. The van der Waals surface area contributed by atoms with E-state index in [0.29, 0.717) is 41.3 Å². The lowest BCUT2D eigenvalue weighted by Gasteiger charge is -2.42. The van der Waals surface area contributed by atoms with Crippen molar-refractivity contribution in [3.63, 3.8) is 0 Å². The molecule has 1 fully saturated rings. The summed E-state index contributed by atoms with van der Waals surface area (Å²) in [7, 11) is 1.77. The molecule has 0 bridgehead atoms. The fraction of sp³-hybridized carbons (Fsp3) is 0.458. The zero-order valence-electron chi connectivity index (χ0n) is 18.8. The number of hydrogen-bond donors (Lipinski definition) is 2. The van der Waals surface area contributed by atoms with Crippen LogP contribution >= 0.6 is 11.3 Å². The van der Waals surface area contributed by atoms with Gasteiger partial charge in [0.1, 0.15) is 18.5 Å². The van der Waals surface area contributed by atoms with Crippen LogP contribution in [0.5, 0.6) is 5.75 Å². The van der Waals surface area contributed by atoms with Gasteiger partial charge in [-0.2, -0.15) is 0 Å². The van der Waals surface area contributed by atoms with Crippen molar-refractivity contribution < 1.29 is 23.9 Å². The van der Waals surface area contributed by atoms with Gasteiger partial charge >= 0.3 is 0 Å². The molecule has 0 radical (unpaired) electrons. The minimum atomic E-state index is -0.317. The number of nitrogens with one attached hydrogen (secondary N) is 2. The number of thiophene rings is 1. The molecule has 1 aromatic carbocycles. The number of amides is 3. The van der Waals surface area contributed by atoms with Gasteiger partial charge in [-0.25, -0.2) is 0 Å². The van der Waals surface area contributed by atoms with Crippen LogP contribution in [0.25, 0.3) is 0 Å². The first-order valence-electron chi connectivity index (χ1n) is 11.3. The van der Waals surface area contributed by atoms with E-state index in [1.165, 1.54) is 11.3 Å². The maximum absolute atomic E-state index is 13.3. The van der Waals surface area contributed by atoms with Gasteiger partial charge in [0.05, 0.1) is 29.0 Å². The number of benzene rings is 1. The summed E-state index contributed by atoms with van der Waals surface area (Å²) in [5, 5.41) is 7.57. The van der Waals surface area contributed by atoms with E-state index in [2.05, 4.69) is 10.6 Å². The minimum absolute atomic E-state index is 0.0148. The average Bonchev–Trinajstić information content (AvgIpc) is 3.36. The predicted octanol–water partition coefficient (Wildman–Crippen LogP) is 3.30. The van der Waals surface area contributed by atoms with Crippen LogP contribution in [0.15, 0.2) is 35.7 Å². The Hall–Kier alpha value is -2.91. The highest BCUT2D eigenvalue weighted by molar-refractivity contribution is 7.12. The predicted molar refractivity (Wildman–Crippen MR) is 126 cm³/mol. The molecular weight excluding hydrogens is 442 g/mol. The van der Waals surface area contributed by atoms with E-state index in [0.717, 1.165) is 12.8 Å². The highest BCUT2D eigenvalue weighted by atomic mass is 32.1. The third kappa shape index (κ3) is 5.36. The van der Waals surface area contributed by atoms with Crippen molar-refractivity contribution in [1.29, 1.82) is 0 Å². The van der Waals surface area contributed by atoms with Gasteiger partial charge in [-0.05, 0) is 48.9 Å². The Kier molecular flexibility index (Phi) is 7.29. The molecule has 9 heteroatoms. The smallest absolute Gasteiger partial charge is 0.265 e. The molecule has 2 aliphatic heterocycles. The van der Waals surface area contributed by atoms with Gasteiger partial charge in [0, 0.05) is 19.3 Å². The second-order valence-electron chi connectivity index (χ2n) is 8.36. The Bertz CT molecular complexity index is 1010. The van der Waals surface area contributed by atoms with E-state index in [4.69, 9.17) is 9.47 Å². The highest BCUT2D eigenvalue weighted by Gasteiger charge is 2.39. The molecule has 4 rings (SSSR count). The summed E-state index contributed by atoms with van der Waals surface area (Å²) in [4.78, 5) is 40.1. The second kappa shape index (κ2) is 10.4. The first-order valence-corrected chi connectivity index (χ1v) is 12.1. The summed E-state index contributed by atoms with van der Waals surface area (Å²) in [6, 6.07) is 8.50. The Labute approximate surface area is 197 Å². The fourth-order valence-corrected chi connectivity index (χ4v) is 4.87. The summed E-state index contributed by atoms with van der Waals surface area (Å²) in [5.74, 6) is 0.0340. The van der Waals surface area contributed by atoms with Gasteiger partial charge in [0.2, 0.25) is 5.91 Å². The number of hydrogen-bond acceptors (Lipinski definition) is 6. The van der Waals surface area contributed by atoms with Crippen molar-refractivity contribution in [1.82, 2.24) is 10.2 Å². The number of carbonyl (C=O) groups excluding carboxylic acids is 3. The van der Waals surface area contributed by atoms with Crippen LogP contribution in [0.4, 0.5) is 5.69 Å². The van der Waals surface area contributed by atoms with Gasteiger partial charge < -0.3 is 25.0 Å². The summed E-state index contributed by atoms with van der Waals surface area (Å²) in [6.45, 7) is 2.95. The van der Waals surface area contributed by atoms with Gasteiger partial charge in [0.25, 0.3) is 11.8 Å². The molecule has 33 heavy (non-hydrogen) atoms. The lowest BCUT2D eigenvalue weighted by molar-refractivity contribution is -0.134. The van der Waals surface area contributed by atoms with E-state index in [9.17, 15) is 14.4 Å². The molecule has 3 atom stereocenters. The molecule has 2 N–H and O–H groups in total. The van der Waals surface area contributed by atoms with Crippen molar-refractivity contribution in [2.24, 2.45) is 0 Å². The summed E-state index contributed by atoms with van der Waals surface area (Å²) in [6.07, 6.45) is 2.12. The van der Waals surface area contributed by atoms with Crippen LogP contribution in [0, 0.1) is 0 Å². The van der Waals surface area contributed by atoms with Gasteiger partial charge in [-0.3, -0.25) is 14.4 Å². The van der Waals surface area contributed by atoms with Crippen LogP contribution in [0.1, 0.15) is 52.6 Å². The molecule has 1 aromatic heterocycles. The maximum atomic E-state index is 13.3. The molecule has 176 valence electrons. The quantitative estimate of drug-likeness (QED) is 0.674. The number of fused-ring (bicyclic) bond motifs is 2. The van der Waals surface area contributed by atoms with Crippen molar-refractivity contribution >= 4 is 34.7 Å². The molecule has 2 aromatic rings. The lowest BCUT2D eigenvalue weighted by Crippen LogP contribution is -2.54. The van der Waals surface area contributed by atoms with Crippen LogP contribution in [-0.2, 0) is 9.53 Å². The zero-order valence-corrected chi connectivity index (χ0v) is 19.7. The molecule has 0 saturated carbocycles. The van der Waals surface area contributed by atoms with E-state index in [1.807, 2.05) is 18.4 Å². The molecule has 0 aliphatic carbocycles. The first kappa shape index (κ1) is 23.3. The van der Waals surface area contributed by atoms with E-state index >= 15 is 0 Å². The number of rotatable bonds is 6. The average molecular weight is 472 g/mol. The molecule has 1 saturated heterocycles. The van der Waals surface area contributed by atoms with Crippen LogP contribution in [-0.4, -0.2) is 61.1 Å². The number of likely N-dealkylation sites (N-methyl/N-ethyl adjacent to an activating group) is 1. The van der Waals surface area contributed by atoms with Gasteiger partial charge in [-0.15, -0.1) is 11.3 Å². The number of nitrogens with zero attached hydrogens (tertiary/aromatic N) is 1. The summed E-state index contributed by atoms with van der Waals surface area (Å²) < 4.78 is 12.2. The first-order chi connectivity index (χ1) is 16.0. The molecule has 2 aliphatic rings. The minimum Gasteiger partial charge on any atom is -0.490 e. The maximum Gasteiger partial charge on any atom is 0.265 e. The Morgan fingerprint density at radius 3 is 2.85 bits per heavy atom. The molecule has 3 heterocycles. The van der Waals surface area contributed by atoms with E-state index < -0.39 is 0 Å². The molecule has 3 amide bonds. The van der Waals surface area contributed by atoms with Gasteiger partial charge in [0.15, 0.2) is 0 Å². The number of ether oxygens (including phenoxy) is 2. The van der Waals surface area contributed by atoms with E-state index in [-0.39, 0.29) is 42.6 Å². The Morgan fingerprint density at radius 1 is 1.24 bits per heavy atom. The largest absolute Gasteiger partial charge is 0.490 e. The SMILES string of the molecule is CCCNC(=O)C[C@@H]1CC[C@@H]2[C@H](COc3ccc(NC(=O)c4cccs4)cc3C(=O)N2C)O1. The normalized spacial score (nSPS) is 22.3. The highest BCUT2D eigenvalue weighted by Crippen LogP contribution is 2.32. The molecular formula is C24H29N3O5S. The lowest BCUT2D eigenvalue weighted by atomic mass is 9.94. The van der Waals surface area contributed by atoms with Crippen LogP contribution in [0.2, 0.25) is 0 Å². The summed E-state index contributed by atoms with van der Waals surface area (Å²) >= 11 is 1.36. The van der Waals surface area contributed by atoms with Gasteiger partial charge in [-0.1, -0.05) is 13.0 Å².